The highest BCUT2D eigenvalue weighted by Gasteiger charge is 2.17. The summed E-state index contributed by atoms with van der Waals surface area (Å²) in [5.74, 6) is 0. The van der Waals surface area contributed by atoms with E-state index in [0.29, 0.717) is 6.54 Å². The number of imidazole rings is 1. The van der Waals surface area contributed by atoms with Crippen LogP contribution in [-0.4, -0.2) is 24.5 Å². The molecule has 0 aliphatic carbocycles. The van der Waals surface area contributed by atoms with Crippen LogP contribution in [0.4, 0.5) is 0 Å². The van der Waals surface area contributed by atoms with Gasteiger partial charge in [-0.3, -0.25) is 9.97 Å². The summed E-state index contributed by atoms with van der Waals surface area (Å²) in [6, 6.07) is 20.7. The van der Waals surface area contributed by atoms with Gasteiger partial charge in [-0.15, -0.1) is 0 Å². The number of nitrogens with one attached hydrogen (secondary N) is 1. The quantitative estimate of drug-likeness (QED) is 0.495. The lowest BCUT2D eigenvalue weighted by Gasteiger charge is -2.09. The first-order chi connectivity index (χ1) is 13.8. The summed E-state index contributed by atoms with van der Waals surface area (Å²) < 4.78 is 2.13. The molecule has 5 nitrogen and oxygen atoms in total. The lowest BCUT2D eigenvalue weighted by molar-refractivity contribution is 0.770. The molecule has 0 atom stereocenters. The molecule has 136 valence electrons. The molecule has 0 unspecified atom stereocenters. The van der Waals surface area contributed by atoms with Crippen molar-refractivity contribution in [3.05, 3.63) is 90.8 Å². The second-order valence-corrected chi connectivity index (χ2v) is 6.86. The number of nitrogens with zero attached hydrogens (tertiary/aromatic N) is 4. The number of benzene rings is 2. The molecule has 3 aromatic heterocycles. The van der Waals surface area contributed by atoms with Gasteiger partial charge in [0.25, 0.3) is 0 Å². The Balaban J connectivity index is 1.67. The Morgan fingerprint density at radius 3 is 2.50 bits per heavy atom. The zero-order valence-electron chi connectivity index (χ0n) is 15.5. The van der Waals surface area contributed by atoms with E-state index in [4.69, 9.17) is 4.98 Å². The summed E-state index contributed by atoms with van der Waals surface area (Å²) >= 11 is 0. The highest BCUT2D eigenvalue weighted by atomic mass is 15.1. The Morgan fingerprint density at radius 2 is 1.71 bits per heavy atom. The molecule has 0 aliphatic rings. The summed E-state index contributed by atoms with van der Waals surface area (Å²) in [5.41, 5.74) is 7.05. The minimum absolute atomic E-state index is 0.609. The average Bonchev–Trinajstić information content (AvgIpc) is 3.34. The third-order valence-electron chi connectivity index (χ3n) is 4.84. The number of H-pyrrole nitrogens is 1. The van der Waals surface area contributed by atoms with E-state index in [-0.39, 0.29) is 0 Å². The van der Waals surface area contributed by atoms with E-state index in [0.717, 1.165) is 39.5 Å². The van der Waals surface area contributed by atoms with E-state index in [1.807, 2.05) is 43.7 Å². The van der Waals surface area contributed by atoms with Crippen LogP contribution in [0.3, 0.4) is 0 Å². The largest absolute Gasteiger partial charge is 0.353 e. The molecule has 0 saturated carbocycles. The fourth-order valence-electron chi connectivity index (χ4n) is 3.47. The fraction of sp³-hybridized carbons (Fsp3) is 0.0870. The highest BCUT2D eigenvalue weighted by molar-refractivity contribution is 5.88. The van der Waals surface area contributed by atoms with Gasteiger partial charge >= 0.3 is 0 Å². The zero-order chi connectivity index (χ0) is 18.9. The van der Waals surface area contributed by atoms with Gasteiger partial charge < -0.3 is 9.55 Å². The van der Waals surface area contributed by atoms with E-state index >= 15 is 0 Å². The maximum Gasteiger partial charge on any atom is 0.0978 e. The van der Waals surface area contributed by atoms with E-state index in [2.05, 4.69) is 55.9 Å². The maximum absolute atomic E-state index is 4.74. The van der Waals surface area contributed by atoms with Gasteiger partial charge in [-0.2, -0.15) is 0 Å². The molecule has 0 saturated heterocycles. The van der Waals surface area contributed by atoms with Crippen molar-refractivity contribution in [3.8, 4) is 22.6 Å². The predicted octanol–water partition coefficient (Wildman–Crippen LogP) is 4.85. The molecule has 0 radical (unpaired) electrons. The Morgan fingerprint density at radius 1 is 0.893 bits per heavy atom. The van der Waals surface area contributed by atoms with Gasteiger partial charge in [0.05, 0.1) is 47.5 Å². The molecule has 5 heteroatoms. The minimum Gasteiger partial charge on any atom is -0.353 e. The molecule has 1 N–H and O–H groups in total. The number of hydrogen-bond donors (Lipinski definition) is 1. The van der Waals surface area contributed by atoms with Gasteiger partial charge in [0.15, 0.2) is 0 Å². The van der Waals surface area contributed by atoms with E-state index in [1.165, 1.54) is 5.39 Å². The molecule has 5 aromatic rings. The van der Waals surface area contributed by atoms with Crippen LogP contribution in [0.25, 0.3) is 33.5 Å². The van der Waals surface area contributed by atoms with Gasteiger partial charge in [0.1, 0.15) is 0 Å². The molecule has 28 heavy (non-hydrogen) atoms. The molecule has 0 spiro atoms. The number of hydrogen-bond acceptors (Lipinski definition) is 3. The van der Waals surface area contributed by atoms with Crippen molar-refractivity contribution in [1.29, 1.82) is 0 Å². The first-order valence-electron chi connectivity index (χ1n) is 9.24. The summed E-state index contributed by atoms with van der Waals surface area (Å²) in [5, 5.41) is 1.18. The van der Waals surface area contributed by atoms with Crippen LogP contribution in [0.2, 0.25) is 0 Å². The first kappa shape index (κ1) is 16.4. The first-order valence-corrected chi connectivity index (χ1v) is 9.24. The summed E-state index contributed by atoms with van der Waals surface area (Å²) in [4.78, 5) is 17.2. The van der Waals surface area contributed by atoms with Gasteiger partial charge in [0.2, 0.25) is 0 Å². The number of aromatic nitrogens is 5. The topological polar surface area (TPSA) is 59.4 Å². The molecule has 3 heterocycles. The normalized spacial score (nSPS) is 11.2. The van der Waals surface area contributed by atoms with Gasteiger partial charge in [0, 0.05) is 22.7 Å². The fourth-order valence-corrected chi connectivity index (χ4v) is 3.47. The molecule has 2 aromatic carbocycles. The molecule has 0 fully saturated rings. The van der Waals surface area contributed by atoms with Crippen molar-refractivity contribution in [3.63, 3.8) is 0 Å². The van der Waals surface area contributed by atoms with Crippen molar-refractivity contribution in [2.75, 3.05) is 0 Å². The Kier molecular flexibility index (Phi) is 3.98. The van der Waals surface area contributed by atoms with Crippen LogP contribution in [0.1, 0.15) is 11.4 Å². The SMILES string of the molecule is Cc1cnc(Cn2cnc(-c3ccccc3)c2-c2cc3ccccc3[nH]2)cn1. The highest BCUT2D eigenvalue weighted by Crippen LogP contribution is 2.33. The number of rotatable bonds is 4. The maximum atomic E-state index is 4.74. The third kappa shape index (κ3) is 2.97. The summed E-state index contributed by atoms with van der Waals surface area (Å²) in [6.45, 7) is 2.55. The van der Waals surface area contributed by atoms with Crippen molar-refractivity contribution >= 4 is 10.9 Å². The molecule has 0 aliphatic heterocycles. The third-order valence-corrected chi connectivity index (χ3v) is 4.84. The van der Waals surface area contributed by atoms with E-state index in [1.54, 1.807) is 6.20 Å². The number of aromatic amines is 1. The predicted molar refractivity (Wildman–Crippen MR) is 111 cm³/mol. The van der Waals surface area contributed by atoms with Crippen molar-refractivity contribution in [1.82, 2.24) is 24.5 Å². The zero-order valence-corrected chi connectivity index (χ0v) is 15.5. The number of fused-ring (bicyclic) bond motifs is 1. The van der Waals surface area contributed by atoms with E-state index < -0.39 is 0 Å². The molecular weight excluding hydrogens is 346 g/mol. The van der Waals surface area contributed by atoms with Crippen LogP contribution in [-0.2, 0) is 6.54 Å². The lowest BCUT2D eigenvalue weighted by atomic mass is 10.1. The molecule has 0 bridgehead atoms. The van der Waals surface area contributed by atoms with Crippen molar-refractivity contribution < 1.29 is 0 Å². The molecule has 0 amide bonds. The van der Waals surface area contributed by atoms with Crippen LogP contribution in [0, 0.1) is 6.92 Å². The minimum atomic E-state index is 0.609. The van der Waals surface area contributed by atoms with Crippen LogP contribution in [0.5, 0.6) is 0 Å². The van der Waals surface area contributed by atoms with Crippen LogP contribution in [0.15, 0.2) is 79.4 Å². The average molecular weight is 365 g/mol. The second kappa shape index (κ2) is 6.78. The van der Waals surface area contributed by atoms with Crippen molar-refractivity contribution in [2.24, 2.45) is 0 Å². The van der Waals surface area contributed by atoms with E-state index in [9.17, 15) is 0 Å². The Hall–Kier alpha value is -3.73. The Bertz CT molecular complexity index is 1200. The monoisotopic (exact) mass is 365 g/mol. The molecular formula is C23H19N5. The summed E-state index contributed by atoms with van der Waals surface area (Å²) in [6.07, 6.45) is 5.50. The van der Waals surface area contributed by atoms with Gasteiger partial charge in [-0.25, -0.2) is 4.98 Å². The standard InChI is InChI=1S/C23H19N5/c1-16-12-25-19(13-24-16)14-28-15-26-22(17-7-3-2-4-8-17)23(28)21-11-18-9-5-6-10-20(18)27-21/h2-13,15,27H,14H2,1H3. The van der Waals surface area contributed by atoms with Gasteiger partial charge in [-0.05, 0) is 19.1 Å². The molecule has 5 rings (SSSR count). The lowest BCUT2D eigenvalue weighted by Crippen LogP contribution is -2.04. The second-order valence-electron chi connectivity index (χ2n) is 6.86. The Labute approximate surface area is 162 Å². The number of para-hydroxylation sites is 1. The van der Waals surface area contributed by atoms with Gasteiger partial charge in [-0.1, -0.05) is 48.5 Å². The number of aryl methyl sites for hydroxylation is 1. The summed E-state index contributed by atoms with van der Waals surface area (Å²) in [7, 11) is 0. The van der Waals surface area contributed by atoms with Crippen molar-refractivity contribution in [2.45, 2.75) is 13.5 Å². The van der Waals surface area contributed by atoms with Crippen LogP contribution >= 0.6 is 0 Å². The van der Waals surface area contributed by atoms with Crippen LogP contribution < -0.4 is 0 Å². The smallest absolute Gasteiger partial charge is 0.0978 e.